The van der Waals surface area contributed by atoms with Crippen LogP contribution in [-0.2, 0) is 6.54 Å². The van der Waals surface area contributed by atoms with Crippen molar-refractivity contribution in [2.24, 2.45) is 0 Å². The molecule has 2 aromatic carbocycles. The summed E-state index contributed by atoms with van der Waals surface area (Å²) in [6.45, 7) is 5.28. The van der Waals surface area contributed by atoms with E-state index in [-0.39, 0.29) is 0 Å². The number of hydrogen-bond donors (Lipinski definition) is 1. The highest BCUT2D eigenvalue weighted by molar-refractivity contribution is 5.26. The summed E-state index contributed by atoms with van der Waals surface area (Å²) in [5, 5.41) is 3.56. The Bertz CT molecular complexity index is 462. The van der Waals surface area contributed by atoms with Gasteiger partial charge in [0.25, 0.3) is 0 Å². The molecule has 0 heterocycles. The summed E-state index contributed by atoms with van der Waals surface area (Å²) < 4.78 is 0. The molecule has 0 saturated heterocycles. The van der Waals surface area contributed by atoms with E-state index in [9.17, 15) is 0 Å². The van der Waals surface area contributed by atoms with E-state index in [1.54, 1.807) is 0 Å². The minimum atomic E-state index is 0.385. The van der Waals surface area contributed by atoms with Gasteiger partial charge in [0.2, 0.25) is 0 Å². The maximum absolute atomic E-state index is 3.56. The number of nitrogens with one attached hydrogen (secondary N) is 1. The molecule has 0 radical (unpaired) electrons. The lowest BCUT2D eigenvalue weighted by Gasteiger charge is -2.15. The second-order valence-corrected chi connectivity index (χ2v) is 4.44. The number of benzene rings is 2. The van der Waals surface area contributed by atoms with Gasteiger partial charge in [-0.1, -0.05) is 54.6 Å². The standard InChI is InChI=1S/C16H19N/c1-13-8-6-7-11-16(13)12-17-14(2)15-9-4-3-5-10-15/h3-11,14,17H,12H2,1-2H3. The molecule has 2 aromatic rings. The average Bonchev–Trinajstić information content (AvgIpc) is 2.38. The molecule has 0 saturated carbocycles. The van der Waals surface area contributed by atoms with Crippen molar-refractivity contribution in [3.63, 3.8) is 0 Å². The third-order valence-electron chi connectivity index (χ3n) is 3.16. The van der Waals surface area contributed by atoms with Crippen LogP contribution in [-0.4, -0.2) is 0 Å². The first-order chi connectivity index (χ1) is 8.27. The Hall–Kier alpha value is -1.60. The molecule has 1 N–H and O–H groups in total. The van der Waals surface area contributed by atoms with Crippen LogP contribution in [0.1, 0.15) is 29.7 Å². The first-order valence-electron chi connectivity index (χ1n) is 6.10. The molecule has 0 aliphatic rings. The van der Waals surface area contributed by atoms with Crippen molar-refractivity contribution >= 4 is 0 Å². The van der Waals surface area contributed by atoms with Crippen LogP contribution in [0.15, 0.2) is 54.6 Å². The van der Waals surface area contributed by atoms with Gasteiger partial charge < -0.3 is 5.32 Å². The van der Waals surface area contributed by atoms with Crippen molar-refractivity contribution < 1.29 is 0 Å². The molecular weight excluding hydrogens is 206 g/mol. The smallest absolute Gasteiger partial charge is 0.0294 e. The van der Waals surface area contributed by atoms with Gasteiger partial charge in [-0.25, -0.2) is 0 Å². The van der Waals surface area contributed by atoms with Crippen LogP contribution >= 0.6 is 0 Å². The average molecular weight is 225 g/mol. The van der Waals surface area contributed by atoms with Crippen LogP contribution in [0.25, 0.3) is 0 Å². The lowest BCUT2D eigenvalue weighted by Crippen LogP contribution is -2.18. The molecule has 1 nitrogen and oxygen atoms in total. The predicted molar refractivity (Wildman–Crippen MR) is 72.9 cm³/mol. The largest absolute Gasteiger partial charge is 0.306 e. The summed E-state index contributed by atoms with van der Waals surface area (Å²) in [5.74, 6) is 0. The monoisotopic (exact) mass is 225 g/mol. The van der Waals surface area contributed by atoms with Gasteiger partial charge in [-0.05, 0) is 30.5 Å². The molecule has 1 unspecified atom stereocenters. The predicted octanol–water partition coefficient (Wildman–Crippen LogP) is 3.85. The van der Waals surface area contributed by atoms with Gasteiger partial charge in [-0.2, -0.15) is 0 Å². The normalized spacial score (nSPS) is 12.4. The van der Waals surface area contributed by atoms with Crippen molar-refractivity contribution in [2.75, 3.05) is 0 Å². The van der Waals surface area contributed by atoms with Gasteiger partial charge in [0.15, 0.2) is 0 Å². The molecule has 0 spiro atoms. The summed E-state index contributed by atoms with van der Waals surface area (Å²) in [7, 11) is 0. The Kier molecular flexibility index (Phi) is 3.94. The van der Waals surface area contributed by atoms with Crippen LogP contribution in [0, 0.1) is 6.92 Å². The Balaban J connectivity index is 1.97. The minimum absolute atomic E-state index is 0.385. The second kappa shape index (κ2) is 5.65. The molecular formula is C16H19N. The van der Waals surface area contributed by atoms with E-state index < -0.39 is 0 Å². The maximum atomic E-state index is 3.56. The fourth-order valence-corrected chi connectivity index (χ4v) is 1.93. The molecule has 0 fully saturated rings. The molecule has 0 aliphatic heterocycles. The Labute approximate surface area is 103 Å². The van der Waals surface area contributed by atoms with Crippen LogP contribution in [0.3, 0.4) is 0 Å². The van der Waals surface area contributed by atoms with Gasteiger partial charge in [-0.15, -0.1) is 0 Å². The van der Waals surface area contributed by atoms with E-state index >= 15 is 0 Å². The van der Waals surface area contributed by atoms with Crippen molar-refractivity contribution in [3.8, 4) is 0 Å². The maximum Gasteiger partial charge on any atom is 0.0294 e. The summed E-state index contributed by atoms with van der Waals surface area (Å²) in [6, 6.07) is 19.4. The lowest BCUT2D eigenvalue weighted by molar-refractivity contribution is 0.573. The highest BCUT2D eigenvalue weighted by atomic mass is 14.9. The quantitative estimate of drug-likeness (QED) is 0.833. The van der Waals surface area contributed by atoms with E-state index in [4.69, 9.17) is 0 Å². The Morgan fingerprint density at radius 1 is 0.941 bits per heavy atom. The molecule has 0 amide bonds. The first kappa shape index (κ1) is 11.9. The number of hydrogen-bond acceptors (Lipinski definition) is 1. The zero-order chi connectivity index (χ0) is 12.1. The van der Waals surface area contributed by atoms with Gasteiger partial charge in [0.05, 0.1) is 0 Å². The molecule has 0 bridgehead atoms. The summed E-state index contributed by atoms with van der Waals surface area (Å²) in [5.41, 5.74) is 4.05. The summed E-state index contributed by atoms with van der Waals surface area (Å²) in [6.07, 6.45) is 0. The molecule has 2 rings (SSSR count). The molecule has 1 atom stereocenters. The van der Waals surface area contributed by atoms with E-state index in [0.717, 1.165) is 6.54 Å². The topological polar surface area (TPSA) is 12.0 Å². The van der Waals surface area contributed by atoms with E-state index in [0.29, 0.717) is 6.04 Å². The molecule has 88 valence electrons. The molecule has 17 heavy (non-hydrogen) atoms. The first-order valence-corrected chi connectivity index (χ1v) is 6.10. The third kappa shape index (κ3) is 3.18. The van der Waals surface area contributed by atoms with Crippen molar-refractivity contribution in [1.29, 1.82) is 0 Å². The summed E-state index contributed by atoms with van der Waals surface area (Å²) >= 11 is 0. The van der Waals surface area contributed by atoms with Crippen molar-refractivity contribution in [1.82, 2.24) is 5.32 Å². The van der Waals surface area contributed by atoms with Gasteiger partial charge in [0.1, 0.15) is 0 Å². The van der Waals surface area contributed by atoms with E-state index in [1.807, 2.05) is 0 Å². The van der Waals surface area contributed by atoms with Crippen molar-refractivity contribution in [2.45, 2.75) is 26.4 Å². The second-order valence-electron chi connectivity index (χ2n) is 4.44. The highest BCUT2D eigenvalue weighted by Gasteiger charge is 2.04. The van der Waals surface area contributed by atoms with Crippen LogP contribution < -0.4 is 5.32 Å². The number of aryl methyl sites for hydroxylation is 1. The van der Waals surface area contributed by atoms with Gasteiger partial charge in [-0.3, -0.25) is 0 Å². The number of rotatable bonds is 4. The lowest BCUT2D eigenvalue weighted by atomic mass is 10.1. The highest BCUT2D eigenvalue weighted by Crippen LogP contribution is 2.13. The van der Waals surface area contributed by atoms with Gasteiger partial charge in [0, 0.05) is 12.6 Å². The zero-order valence-electron chi connectivity index (χ0n) is 10.5. The Morgan fingerprint density at radius 2 is 1.59 bits per heavy atom. The van der Waals surface area contributed by atoms with Crippen LogP contribution in [0.4, 0.5) is 0 Å². The van der Waals surface area contributed by atoms with E-state index in [2.05, 4.69) is 73.8 Å². The minimum Gasteiger partial charge on any atom is -0.306 e. The fraction of sp³-hybridized carbons (Fsp3) is 0.250. The third-order valence-corrected chi connectivity index (χ3v) is 3.16. The molecule has 0 aromatic heterocycles. The van der Waals surface area contributed by atoms with Crippen LogP contribution in [0.2, 0.25) is 0 Å². The van der Waals surface area contributed by atoms with Crippen molar-refractivity contribution in [3.05, 3.63) is 71.3 Å². The SMILES string of the molecule is Cc1ccccc1CNC(C)c1ccccc1. The zero-order valence-corrected chi connectivity index (χ0v) is 10.5. The molecule has 0 aliphatic carbocycles. The van der Waals surface area contributed by atoms with Crippen LogP contribution in [0.5, 0.6) is 0 Å². The fourth-order valence-electron chi connectivity index (χ4n) is 1.93. The summed E-state index contributed by atoms with van der Waals surface area (Å²) in [4.78, 5) is 0. The van der Waals surface area contributed by atoms with Gasteiger partial charge >= 0.3 is 0 Å². The van der Waals surface area contributed by atoms with E-state index in [1.165, 1.54) is 16.7 Å². The molecule has 1 heteroatoms. The Morgan fingerprint density at radius 3 is 2.29 bits per heavy atom.